The zero-order valence-corrected chi connectivity index (χ0v) is 14.7. The van der Waals surface area contributed by atoms with Gasteiger partial charge in [0.15, 0.2) is 12.3 Å². The number of hydrogen-bond donors (Lipinski definition) is 1. The van der Waals surface area contributed by atoms with Gasteiger partial charge >= 0.3 is 11.9 Å². The van der Waals surface area contributed by atoms with Gasteiger partial charge in [0.05, 0.1) is 0 Å². The predicted octanol–water partition coefficient (Wildman–Crippen LogP) is 3.65. The van der Waals surface area contributed by atoms with Crippen LogP contribution in [0, 0.1) is 0 Å². The number of cyclic esters (lactones) is 1. The van der Waals surface area contributed by atoms with Gasteiger partial charge in [-0.3, -0.25) is 0 Å². The van der Waals surface area contributed by atoms with Crippen molar-refractivity contribution in [3.05, 3.63) is 83.6 Å². The zero-order valence-electron chi connectivity index (χ0n) is 14.7. The number of benzene rings is 3. The number of aliphatic carboxylic acids is 1. The molecule has 1 aliphatic heterocycles. The fourth-order valence-electron chi connectivity index (χ4n) is 2.87. The molecule has 0 atom stereocenters. The van der Waals surface area contributed by atoms with Crippen LogP contribution in [0.5, 0.6) is 5.75 Å². The Bertz CT molecular complexity index is 1150. The molecule has 0 fully saturated rings. The van der Waals surface area contributed by atoms with Gasteiger partial charge in [0.25, 0.3) is 0 Å². The second-order valence-electron chi connectivity index (χ2n) is 6.12. The first-order valence-corrected chi connectivity index (χ1v) is 8.55. The van der Waals surface area contributed by atoms with Gasteiger partial charge in [-0.15, -0.1) is 0 Å². The predicted molar refractivity (Wildman–Crippen MR) is 104 cm³/mol. The maximum Gasteiger partial charge on any atom is 0.363 e. The largest absolute Gasteiger partial charge is 0.481 e. The Labute approximate surface area is 160 Å². The van der Waals surface area contributed by atoms with E-state index in [-0.39, 0.29) is 11.6 Å². The summed E-state index contributed by atoms with van der Waals surface area (Å²) in [6.45, 7) is -0.476. The highest BCUT2D eigenvalue weighted by Gasteiger charge is 2.24. The van der Waals surface area contributed by atoms with Crippen LogP contribution in [0.4, 0.5) is 0 Å². The molecule has 6 nitrogen and oxygen atoms in total. The molecule has 0 radical (unpaired) electrons. The van der Waals surface area contributed by atoms with Crippen molar-refractivity contribution in [3.63, 3.8) is 0 Å². The molecule has 0 aliphatic carbocycles. The molecule has 0 amide bonds. The van der Waals surface area contributed by atoms with Crippen LogP contribution in [0.2, 0.25) is 0 Å². The smallest absolute Gasteiger partial charge is 0.363 e. The number of aliphatic imine (C=N–C) groups is 1. The van der Waals surface area contributed by atoms with Crippen LogP contribution in [0.3, 0.4) is 0 Å². The Morgan fingerprint density at radius 3 is 2.61 bits per heavy atom. The second-order valence-corrected chi connectivity index (χ2v) is 6.12. The Morgan fingerprint density at radius 1 is 1.04 bits per heavy atom. The van der Waals surface area contributed by atoms with Crippen LogP contribution >= 0.6 is 0 Å². The monoisotopic (exact) mass is 373 g/mol. The lowest BCUT2D eigenvalue weighted by Gasteiger charge is -2.06. The van der Waals surface area contributed by atoms with E-state index in [1.165, 1.54) is 6.08 Å². The van der Waals surface area contributed by atoms with Gasteiger partial charge < -0.3 is 14.6 Å². The number of rotatable bonds is 5. The molecule has 3 aromatic carbocycles. The maximum atomic E-state index is 12.3. The quantitative estimate of drug-likeness (QED) is 0.545. The molecule has 6 heteroatoms. The first kappa shape index (κ1) is 17.5. The zero-order chi connectivity index (χ0) is 19.5. The van der Waals surface area contributed by atoms with Crippen LogP contribution in [0.25, 0.3) is 16.8 Å². The van der Waals surface area contributed by atoms with E-state index in [4.69, 9.17) is 14.6 Å². The van der Waals surface area contributed by atoms with Gasteiger partial charge in [-0.25, -0.2) is 14.6 Å². The summed E-state index contributed by atoms with van der Waals surface area (Å²) in [6, 6.07) is 20.4. The molecule has 0 saturated heterocycles. The number of fused-ring (bicyclic) bond motifs is 1. The molecule has 0 bridgehead atoms. The summed E-state index contributed by atoms with van der Waals surface area (Å²) in [6.07, 6.45) is 1.52. The van der Waals surface area contributed by atoms with Crippen LogP contribution in [0.15, 0.2) is 77.4 Å². The van der Waals surface area contributed by atoms with E-state index >= 15 is 0 Å². The van der Waals surface area contributed by atoms with Gasteiger partial charge in [-0.05, 0) is 35.0 Å². The summed E-state index contributed by atoms with van der Waals surface area (Å²) >= 11 is 0. The van der Waals surface area contributed by atoms with Gasteiger partial charge in [0.1, 0.15) is 5.75 Å². The molecule has 1 aliphatic rings. The number of ether oxygens (including phenoxy) is 2. The Hall–Kier alpha value is -3.93. The van der Waals surface area contributed by atoms with E-state index in [1.807, 2.05) is 42.5 Å². The number of nitrogens with zero attached hydrogens (tertiary/aromatic N) is 1. The summed E-state index contributed by atoms with van der Waals surface area (Å²) in [5.74, 6) is -1.08. The Morgan fingerprint density at radius 2 is 1.79 bits per heavy atom. The molecular formula is C22H15NO5. The van der Waals surface area contributed by atoms with Crippen molar-refractivity contribution in [1.82, 2.24) is 0 Å². The molecule has 3 aromatic rings. The number of esters is 1. The van der Waals surface area contributed by atoms with E-state index in [9.17, 15) is 9.59 Å². The minimum atomic E-state index is -1.08. The van der Waals surface area contributed by atoms with E-state index in [0.29, 0.717) is 16.9 Å². The average Bonchev–Trinajstić information content (AvgIpc) is 3.07. The van der Waals surface area contributed by atoms with E-state index in [2.05, 4.69) is 4.99 Å². The minimum Gasteiger partial charge on any atom is -0.481 e. The summed E-state index contributed by atoms with van der Waals surface area (Å²) in [4.78, 5) is 27.3. The first-order valence-electron chi connectivity index (χ1n) is 8.55. The lowest BCUT2D eigenvalue weighted by Crippen LogP contribution is -2.10. The molecule has 138 valence electrons. The van der Waals surface area contributed by atoms with Crippen molar-refractivity contribution >= 4 is 34.7 Å². The molecule has 1 heterocycles. The maximum absolute atomic E-state index is 12.3. The van der Waals surface area contributed by atoms with Crippen molar-refractivity contribution in [2.45, 2.75) is 0 Å². The molecule has 28 heavy (non-hydrogen) atoms. The van der Waals surface area contributed by atoms with Crippen molar-refractivity contribution in [2.24, 2.45) is 4.99 Å². The fraction of sp³-hybridized carbons (Fsp3) is 0.0455. The van der Waals surface area contributed by atoms with E-state index in [0.717, 1.165) is 10.8 Å². The number of carboxylic acids is 1. The van der Waals surface area contributed by atoms with Crippen molar-refractivity contribution < 1.29 is 24.2 Å². The standard InChI is InChI=1S/C22H15NO5/c24-20(25)13-27-19-8-4-3-7-16(19)12-18-22(26)28-21(23-18)17-10-9-14-5-1-2-6-15(14)11-17/h1-12H,13H2,(H,24,25). The third-order valence-electron chi connectivity index (χ3n) is 4.18. The van der Waals surface area contributed by atoms with Crippen LogP contribution in [-0.4, -0.2) is 29.5 Å². The lowest BCUT2D eigenvalue weighted by molar-refractivity contribution is -0.139. The lowest BCUT2D eigenvalue weighted by atomic mass is 10.1. The molecule has 0 unspecified atom stereocenters. The van der Waals surface area contributed by atoms with Crippen molar-refractivity contribution in [1.29, 1.82) is 0 Å². The van der Waals surface area contributed by atoms with Gasteiger partial charge in [-0.2, -0.15) is 0 Å². The topological polar surface area (TPSA) is 85.2 Å². The molecule has 1 N–H and O–H groups in total. The third-order valence-corrected chi connectivity index (χ3v) is 4.18. The van der Waals surface area contributed by atoms with E-state index < -0.39 is 18.5 Å². The second kappa shape index (κ2) is 7.36. The number of para-hydroxylation sites is 1. The highest BCUT2D eigenvalue weighted by atomic mass is 16.6. The number of carbonyl (C=O) groups is 2. The first-order chi connectivity index (χ1) is 13.6. The van der Waals surface area contributed by atoms with Gasteiger partial charge in [0, 0.05) is 11.1 Å². The fourth-order valence-corrected chi connectivity index (χ4v) is 2.87. The normalized spacial score (nSPS) is 14.8. The third kappa shape index (κ3) is 3.61. The SMILES string of the molecule is O=C(O)COc1ccccc1C=C1N=C(c2ccc3ccccc3c2)OC1=O. The van der Waals surface area contributed by atoms with Crippen LogP contribution in [-0.2, 0) is 14.3 Å². The average molecular weight is 373 g/mol. The Kier molecular flexibility index (Phi) is 4.60. The molecule has 0 aromatic heterocycles. The van der Waals surface area contributed by atoms with Gasteiger partial charge in [-0.1, -0.05) is 48.5 Å². The molecule has 0 spiro atoms. The van der Waals surface area contributed by atoms with Gasteiger partial charge in [0.2, 0.25) is 5.90 Å². The summed E-state index contributed by atoms with van der Waals surface area (Å²) in [5.41, 5.74) is 1.36. The summed E-state index contributed by atoms with van der Waals surface area (Å²) in [5, 5.41) is 10.9. The number of carbonyl (C=O) groups excluding carboxylic acids is 1. The Balaban J connectivity index is 1.66. The number of hydrogen-bond acceptors (Lipinski definition) is 5. The molecular weight excluding hydrogens is 358 g/mol. The molecule has 0 saturated carbocycles. The van der Waals surface area contributed by atoms with E-state index in [1.54, 1.807) is 24.3 Å². The van der Waals surface area contributed by atoms with Crippen LogP contribution < -0.4 is 4.74 Å². The van der Waals surface area contributed by atoms with Crippen molar-refractivity contribution in [2.75, 3.05) is 6.61 Å². The summed E-state index contributed by atoms with van der Waals surface area (Å²) in [7, 11) is 0. The highest BCUT2D eigenvalue weighted by molar-refractivity contribution is 6.13. The number of carboxylic acid groups (broad SMARTS) is 1. The summed E-state index contributed by atoms with van der Waals surface area (Å²) < 4.78 is 10.6. The minimum absolute atomic E-state index is 0.120. The highest BCUT2D eigenvalue weighted by Crippen LogP contribution is 2.25. The van der Waals surface area contributed by atoms with Crippen LogP contribution in [0.1, 0.15) is 11.1 Å². The van der Waals surface area contributed by atoms with Crippen molar-refractivity contribution in [3.8, 4) is 5.75 Å². The molecule has 4 rings (SSSR count).